The summed E-state index contributed by atoms with van der Waals surface area (Å²) in [5.74, 6) is 1.17. The van der Waals surface area contributed by atoms with Gasteiger partial charge in [0.15, 0.2) is 5.78 Å². The van der Waals surface area contributed by atoms with Gasteiger partial charge in [-0.2, -0.15) is 0 Å². The standard InChI is InChI=1S/C16H24N2OS/c1-3-9-18(4-2)16-12(10-5-6-10)13(17)15(20-16)14(19)11-7-8-11/h10-11H,3-9,17H2,1-2H3. The Bertz CT molecular complexity index is 515. The summed E-state index contributed by atoms with van der Waals surface area (Å²) in [5, 5.41) is 1.28. The molecule has 0 spiro atoms. The first-order chi connectivity index (χ1) is 9.67. The van der Waals surface area contributed by atoms with Crippen molar-refractivity contribution < 1.29 is 4.79 Å². The van der Waals surface area contributed by atoms with Gasteiger partial charge in [-0.15, -0.1) is 11.3 Å². The molecule has 0 aromatic carbocycles. The summed E-state index contributed by atoms with van der Waals surface area (Å²) in [6.07, 6.45) is 5.69. The number of carbonyl (C=O) groups excluding carboxylic acids is 1. The number of rotatable bonds is 7. The third kappa shape index (κ3) is 2.46. The highest BCUT2D eigenvalue weighted by molar-refractivity contribution is 7.19. The Hall–Kier alpha value is -1.03. The van der Waals surface area contributed by atoms with Crippen molar-refractivity contribution in [2.75, 3.05) is 23.7 Å². The molecule has 20 heavy (non-hydrogen) atoms. The maximum absolute atomic E-state index is 12.4. The molecule has 0 saturated heterocycles. The van der Waals surface area contributed by atoms with Gasteiger partial charge in [-0.05, 0) is 44.9 Å². The van der Waals surface area contributed by atoms with Crippen molar-refractivity contribution in [1.29, 1.82) is 0 Å². The molecule has 0 bridgehead atoms. The molecule has 0 aliphatic heterocycles. The van der Waals surface area contributed by atoms with E-state index in [1.807, 2.05) is 0 Å². The molecule has 0 amide bonds. The minimum atomic E-state index is 0.261. The fourth-order valence-corrected chi connectivity index (χ4v) is 4.25. The molecule has 0 unspecified atom stereocenters. The molecule has 1 aromatic rings. The van der Waals surface area contributed by atoms with Crippen molar-refractivity contribution >= 4 is 27.8 Å². The molecule has 2 saturated carbocycles. The van der Waals surface area contributed by atoms with Crippen molar-refractivity contribution in [3.63, 3.8) is 0 Å². The van der Waals surface area contributed by atoms with Crippen LogP contribution in [0.1, 0.15) is 67.1 Å². The number of nitrogen functional groups attached to an aromatic ring is 1. The van der Waals surface area contributed by atoms with Crippen LogP contribution in [0.3, 0.4) is 0 Å². The van der Waals surface area contributed by atoms with Crippen LogP contribution < -0.4 is 10.6 Å². The third-order valence-electron chi connectivity index (χ3n) is 4.28. The first-order valence-corrected chi connectivity index (χ1v) is 8.70. The van der Waals surface area contributed by atoms with Gasteiger partial charge in [0.25, 0.3) is 0 Å². The zero-order valence-corrected chi connectivity index (χ0v) is 13.3. The van der Waals surface area contributed by atoms with E-state index in [-0.39, 0.29) is 5.92 Å². The lowest BCUT2D eigenvalue weighted by atomic mass is 10.1. The fraction of sp³-hybridized carbons (Fsp3) is 0.688. The van der Waals surface area contributed by atoms with Crippen LogP contribution in [0.5, 0.6) is 0 Å². The second-order valence-corrected chi connectivity index (χ2v) is 7.06. The minimum Gasteiger partial charge on any atom is -0.397 e. The van der Waals surface area contributed by atoms with E-state index in [0.717, 1.165) is 42.9 Å². The van der Waals surface area contributed by atoms with Crippen LogP contribution in [0.25, 0.3) is 0 Å². The average molecular weight is 292 g/mol. The summed E-state index contributed by atoms with van der Waals surface area (Å²) >= 11 is 1.65. The van der Waals surface area contributed by atoms with Crippen molar-refractivity contribution in [1.82, 2.24) is 0 Å². The predicted octanol–water partition coefficient (Wildman–Crippen LogP) is 4.04. The lowest BCUT2D eigenvalue weighted by Crippen LogP contribution is -2.23. The zero-order chi connectivity index (χ0) is 14.3. The van der Waals surface area contributed by atoms with Gasteiger partial charge < -0.3 is 10.6 Å². The summed E-state index contributed by atoms with van der Waals surface area (Å²) in [6, 6.07) is 0. The van der Waals surface area contributed by atoms with E-state index < -0.39 is 0 Å². The van der Waals surface area contributed by atoms with Gasteiger partial charge in [-0.3, -0.25) is 4.79 Å². The average Bonchev–Trinajstić information content (AvgIpc) is 3.33. The number of hydrogen-bond acceptors (Lipinski definition) is 4. The molecule has 2 fully saturated rings. The topological polar surface area (TPSA) is 46.3 Å². The van der Waals surface area contributed by atoms with Gasteiger partial charge >= 0.3 is 0 Å². The van der Waals surface area contributed by atoms with Crippen molar-refractivity contribution in [3.8, 4) is 0 Å². The number of anilines is 2. The Morgan fingerprint density at radius 2 is 2.00 bits per heavy atom. The molecule has 2 N–H and O–H groups in total. The molecule has 1 aromatic heterocycles. The third-order valence-corrected chi connectivity index (χ3v) is 5.58. The summed E-state index contributed by atoms with van der Waals surface area (Å²) < 4.78 is 0. The van der Waals surface area contributed by atoms with Gasteiger partial charge in [0.1, 0.15) is 0 Å². The Labute approximate surface area is 125 Å². The van der Waals surface area contributed by atoms with E-state index in [9.17, 15) is 4.79 Å². The van der Waals surface area contributed by atoms with Gasteiger partial charge in [0.05, 0.1) is 15.6 Å². The highest BCUT2D eigenvalue weighted by atomic mass is 32.1. The molecule has 0 radical (unpaired) electrons. The van der Waals surface area contributed by atoms with E-state index in [0.29, 0.717) is 11.7 Å². The van der Waals surface area contributed by atoms with Crippen LogP contribution in [0.2, 0.25) is 0 Å². The van der Waals surface area contributed by atoms with Crippen LogP contribution in [-0.4, -0.2) is 18.9 Å². The number of hydrogen-bond donors (Lipinski definition) is 1. The first-order valence-electron chi connectivity index (χ1n) is 7.88. The van der Waals surface area contributed by atoms with Crippen LogP contribution in [0, 0.1) is 5.92 Å². The molecule has 110 valence electrons. The zero-order valence-electron chi connectivity index (χ0n) is 12.4. The summed E-state index contributed by atoms with van der Waals surface area (Å²) in [6.45, 7) is 6.43. The lowest BCUT2D eigenvalue weighted by Gasteiger charge is -2.22. The molecule has 3 nitrogen and oxygen atoms in total. The molecule has 3 rings (SSSR count). The molecule has 4 heteroatoms. The number of Topliss-reactive ketones (excluding diaryl/α,β-unsaturated/α-hetero) is 1. The first kappa shape index (κ1) is 13.9. The second-order valence-electron chi connectivity index (χ2n) is 6.06. The number of nitrogens with two attached hydrogens (primary N) is 1. The normalized spacial score (nSPS) is 18.3. The Morgan fingerprint density at radius 3 is 2.50 bits per heavy atom. The molecular weight excluding hydrogens is 268 g/mol. The van der Waals surface area contributed by atoms with E-state index in [1.54, 1.807) is 11.3 Å². The summed E-state index contributed by atoms with van der Waals surface area (Å²) in [7, 11) is 0. The highest BCUT2D eigenvalue weighted by Gasteiger charge is 2.38. The smallest absolute Gasteiger partial charge is 0.178 e. The highest BCUT2D eigenvalue weighted by Crippen LogP contribution is 2.53. The SMILES string of the molecule is CCCN(CC)c1sc(C(=O)C2CC2)c(N)c1C1CC1. The molecule has 2 aliphatic rings. The van der Waals surface area contributed by atoms with Crippen LogP contribution >= 0.6 is 11.3 Å². The molecule has 2 aliphatic carbocycles. The van der Waals surface area contributed by atoms with Crippen molar-refractivity contribution in [2.24, 2.45) is 5.92 Å². The van der Waals surface area contributed by atoms with Crippen molar-refractivity contribution in [3.05, 3.63) is 10.4 Å². The Kier molecular flexibility index (Phi) is 3.76. The quantitative estimate of drug-likeness (QED) is 0.772. The van der Waals surface area contributed by atoms with Gasteiger partial charge in [-0.1, -0.05) is 6.92 Å². The maximum Gasteiger partial charge on any atom is 0.178 e. The summed E-state index contributed by atoms with van der Waals surface area (Å²) in [4.78, 5) is 15.7. The van der Waals surface area contributed by atoms with E-state index in [4.69, 9.17) is 5.73 Å². The number of thiophene rings is 1. The minimum absolute atomic E-state index is 0.261. The Morgan fingerprint density at radius 1 is 1.30 bits per heavy atom. The monoisotopic (exact) mass is 292 g/mol. The second kappa shape index (κ2) is 5.40. The molecule has 1 heterocycles. The van der Waals surface area contributed by atoms with Gasteiger partial charge in [0, 0.05) is 24.6 Å². The Balaban J connectivity index is 1.98. The fourth-order valence-electron chi connectivity index (χ4n) is 2.83. The van der Waals surface area contributed by atoms with Crippen LogP contribution in [0.15, 0.2) is 0 Å². The maximum atomic E-state index is 12.4. The number of nitrogens with zero attached hydrogens (tertiary/aromatic N) is 1. The predicted molar refractivity (Wildman–Crippen MR) is 85.9 cm³/mol. The van der Waals surface area contributed by atoms with Crippen LogP contribution in [0.4, 0.5) is 10.7 Å². The van der Waals surface area contributed by atoms with Crippen LogP contribution in [-0.2, 0) is 0 Å². The van der Waals surface area contributed by atoms with Gasteiger partial charge in [0.2, 0.25) is 0 Å². The lowest BCUT2D eigenvalue weighted by molar-refractivity contribution is 0.0972. The van der Waals surface area contributed by atoms with E-state index in [1.165, 1.54) is 23.4 Å². The summed E-state index contributed by atoms with van der Waals surface area (Å²) in [5.41, 5.74) is 8.45. The largest absolute Gasteiger partial charge is 0.397 e. The van der Waals surface area contributed by atoms with Gasteiger partial charge in [-0.25, -0.2) is 0 Å². The molecular formula is C16H24N2OS. The van der Waals surface area contributed by atoms with E-state index in [2.05, 4.69) is 18.7 Å². The number of carbonyl (C=O) groups is 1. The van der Waals surface area contributed by atoms with Crippen molar-refractivity contribution in [2.45, 2.75) is 51.9 Å². The number of ketones is 1. The molecule has 0 atom stereocenters. The van der Waals surface area contributed by atoms with E-state index >= 15 is 0 Å².